The molecule has 3 atom stereocenters. The monoisotopic (exact) mass is 973 g/mol. The van der Waals surface area contributed by atoms with Gasteiger partial charge in [-0.1, -0.05) is 13.0 Å². The van der Waals surface area contributed by atoms with Crippen LogP contribution < -0.4 is 25.2 Å². The largest absolute Gasteiger partial charge is 0.508 e. The van der Waals surface area contributed by atoms with Crippen LogP contribution >= 0.6 is 0 Å². The van der Waals surface area contributed by atoms with Crippen molar-refractivity contribution < 1.29 is 37.0 Å². The predicted octanol–water partition coefficient (Wildman–Crippen LogP) is 7.36. The van der Waals surface area contributed by atoms with Crippen LogP contribution in [0.2, 0.25) is 0 Å². The van der Waals surface area contributed by atoms with Crippen molar-refractivity contribution in [3.63, 3.8) is 0 Å². The summed E-state index contributed by atoms with van der Waals surface area (Å²) in [7, 11) is 0. The maximum Gasteiger partial charge on any atom is 0.319 e. The Hall–Kier alpha value is -5.65. The topological polar surface area (TPSA) is 139 Å². The minimum Gasteiger partial charge on any atom is -0.508 e. The number of halogens is 4. The zero-order valence-electron chi connectivity index (χ0n) is 40.0. The highest BCUT2D eigenvalue weighted by Crippen LogP contribution is 2.56. The number of imide groups is 1. The van der Waals surface area contributed by atoms with Crippen LogP contribution in [0.3, 0.4) is 0 Å². The SMILES string of the molecule is CCc1c(F)ccc2cc(O)cc(-c3ncc4c(N5CC6CCC(C5)N6)nc(OCC5(CN6CC7(CC(N8CC9(CCN(c%10cc(F)c(C%11CCC(=O)NC%11=O)c(F)c%10)CC9)C8)C7)C6)CC5)nc4c3F)c12. The molecular weight excluding hydrogens is 915 g/mol. The Morgan fingerprint density at radius 1 is 0.845 bits per heavy atom. The number of hydrogen-bond acceptors (Lipinski definition) is 12. The molecule has 8 heterocycles. The number of hydrogen-bond donors (Lipinski definition) is 3. The number of nitrogens with zero attached hydrogens (tertiary/aromatic N) is 7. The van der Waals surface area contributed by atoms with Crippen LogP contribution in [0.4, 0.5) is 29.1 Å². The van der Waals surface area contributed by atoms with Gasteiger partial charge in [0.05, 0.1) is 17.9 Å². The quantitative estimate of drug-likeness (QED) is 0.0901. The smallest absolute Gasteiger partial charge is 0.319 e. The third kappa shape index (κ3) is 7.86. The molecule has 17 heteroatoms. The highest BCUT2D eigenvalue weighted by atomic mass is 19.1. The lowest BCUT2D eigenvalue weighted by Gasteiger charge is -2.66. The number of rotatable bonds is 11. The first-order valence-electron chi connectivity index (χ1n) is 25.7. The van der Waals surface area contributed by atoms with Crippen molar-refractivity contribution in [1.29, 1.82) is 0 Å². The van der Waals surface area contributed by atoms with Gasteiger partial charge in [0.2, 0.25) is 11.8 Å². The molecule has 3 aromatic carbocycles. The van der Waals surface area contributed by atoms with Crippen LogP contribution in [0.5, 0.6) is 11.8 Å². The number of fused-ring (bicyclic) bond motifs is 4. The number of carbonyl (C=O) groups is 2. The van der Waals surface area contributed by atoms with Crippen molar-refractivity contribution in [2.45, 2.75) is 102 Å². The van der Waals surface area contributed by atoms with Gasteiger partial charge in [-0.05, 0) is 122 Å². The number of ether oxygens (including phenoxy) is 1. The zero-order valence-corrected chi connectivity index (χ0v) is 40.0. The number of benzene rings is 3. The summed E-state index contributed by atoms with van der Waals surface area (Å²) in [6, 6.07) is 10.0. The van der Waals surface area contributed by atoms with Gasteiger partial charge in [-0.15, -0.1) is 0 Å². The van der Waals surface area contributed by atoms with E-state index in [-0.39, 0.29) is 52.2 Å². The van der Waals surface area contributed by atoms with E-state index in [9.17, 15) is 14.7 Å². The number of aryl methyl sites for hydroxylation is 1. The van der Waals surface area contributed by atoms with Crippen molar-refractivity contribution in [2.75, 3.05) is 75.3 Å². The summed E-state index contributed by atoms with van der Waals surface area (Å²) >= 11 is 0. The zero-order chi connectivity index (χ0) is 48.6. The minimum atomic E-state index is -1.00. The van der Waals surface area contributed by atoms with E-state index in [2.05, 4.69) is 35.2 Å². The number of phenols is 1. The third-order valence-electron chi connectivity index (χ3n) is 17.8. The van der Waals surface area contributed by atoms with E-state index in [0.29, 0.717) is 75.4 Å². The van der Waals surface area contributed by atoms with E-state index < -0.39 is 41.0 Å². The van der Waals surface area contributed by atoms with E-state index >= 15 is 17.6 Å². The fourth-order valence-electron chi connectivity index (χ4n) is 13.9. The Bertz CT molecular complexity index is 2980. The Morgan fingerprint density at radius 3 is 2.27 bits per heavy atom. The first-order valence-corrected chi connectivity index (χ1v) is 25.7. The highest BCUT2D eigenvalue weighted by molar-refractivity contribution is 6.02. The Labute approximate surface area is 409 Å². The molecule has 5 aromatic rings. The second-order valence-corrected chi connectivity index (χ2v) is 22.7. The molecule has 2 spiro atoms. The van der Waals surface area contributed by atoms with Crippen molar-refractivity contribution in [2.24, 2.45) is 16.2 Å². The number of likely N-dealkylation sites (tertiary alicyclic amines) is 2. The Kier molecular flexibility index (Phi) is 10.6. The summed E-state index contributed by atoms with van der Waals surface area (Å²) in [5, 5.41) is 18.2. The maximum absolute atomic E-state index is 17.2. The van der Waals surface area contributed by atoms with Gasteiger partial charge in [0.15, 0.2) is 5.82 Å². The fourth-order valence-corrected chi connectivity index (χ4v) is 13.9. The van der Waals surface area contributed by atoms with Crippen LogP contribution in [-0.2, 0) is 16.0 Å². The van der Waals surface area contributed by atoms with Gasteiger partial charge in [-0.3, -0.25) is 24.8 Å². The fraction of sp³-hybridized carbons (Fsp3) is 0.537. The van der Waals surface area contributed by atoms with Gasteiger partial charge in [0.25, 0.3) is 0 Å². The van der Waals surface area contributed by atoms with Crippen LogP contribution in [0, 0.1) is 39.5 Å². The molecule has 2 aliphatic carbocycles. The molecule has 71 heavy (non-hydrogen) atoms. The van der Waals surface area contributed by atoms with Crippen molar-refractivity contribution >= 4 is 45.0 Å². The summed E-state index contributed by atoms with van der Waals surface area (Å²) in [4.78, 5) is 47.8. The molecule has 2 amide bonds. The highest BCUT2D eigenvalue weighted by Gasteiger charge is 2.59. The predicted molar refractivity (Wildman–Crippen MR) is 259 cm³/mol. The molecule has 2 bridgehead atoms. The molecule has 3 N–H and O–H groups in total. The number of pyridine rings is 1. The standard InChI is InChI=1S/C54H59F4N9O4/c1-2-36-40(55)7-3-30-15-35(68)18-38(44(30)36)47-46(58)48-39(21-59-47)49(66-22-31-4-5-32(23-66)60-31)63-51(62-48)71-29-53(9-10-53)24-64-25-54(26-64)19-34(20-54)67-27-52(28-67)11-13-65(14-12-52)33-16-41(56)45(42(57)17-33)37-6-8-43(69)61-50(37)70/h3,7,15-18,21,31-32,34,37,60,68H,2,4-6,8-14,19-20,22-29H2,1H3,(H,61,69,70). The van der Waals surface area contributed by atoms with E-state index in [4.69, 9.17) is 14.7 Å². The molecule has 8 fully saturated rings. The molecule has 2 saturated carbocycles. The van der Waals surface area contributed by atoms with Crippen molar-refractivity contribution in [1.82, 2.24) is 35.4 Å². The minimum absolute atomic E-state index is 0.0144. The summed E-state index contributed by atoms with van der Waals surface area (Å²) in [5.74, 6) is -4.07. The summed E-state index contributed by atoms with van der Waals surface area (Å²) in [6.45, 7) is 10.4. The first kappa shape index (κ1) is 45.2. The molecule has 13 nitrogen and oxygen atoms in total. The number of carbonyl (C=O) groups excluding carboxylic acids is 2. The maximum atomic E-state index is 17.2. The second kappa shape index (κ2) is 16.7. The normalized spacial score (nSPS) is 25.7. The van der Waals surface area contributed by atoms with Crippen molar-refractivity contribution in [3.05, 3.63) is 77.0 Å². The number of piperidine rings is 2. The Morgan fingerprint density at radius 2 is 1.58 bits per heavy atom. The van der Waals surface area contributed by atoms with Crippen LogP contribution in [0.25, 0.3) is 32.9 Å². The molecule has 13 rings (SSSR count). The van der Waals surface area contributed by atoms with Gasteiger partial charge < -0.3 is 29.9 Å². The Balaban J connectivity index is 0.639. The number of phenolic OH excluding ortho intramolecular Hbond substituents is 1. The van der Waals surface area contributed by atoms with Gasteiger partial charge in [-0.2, -0.15) is 9.97 Å². The third-order valence-corrected chi connectivity index (χ3v) is 17.8. The molecule has 6 aliphatic heterocycles. The van der Waals surface area contributed by atoms with Crippen LogP contribution in [-0.4, -0.2) is 125 Å². The average Bonchev–Trinajstić information content (AvgIpc) is 4.01. The van der Waals surface area contributed by atoms with E-state index in [1.54, 1.807) is 18.3 Å². The molecule has 6 saturated heterocycles. The van der Waals surface area contributed by atoms with E-state index in [0.717, 1.165) is 97.4 Å². The number of piperazine rings is 1. The number of aromatic nitrogens is 3. The van der Waals surface area contributed by atoms with Crippen LogP contribution in [0.15, 0.2) is 42.6 Å². The summed E-state index contributed by atoms with van der Waals surface area (Å²) < 4.78 is 69.5. The van der Waals surface area contributed by atoms with Gasteiger partial charge in [0.1, 0.15) is 40.2 Å². The number of amides is 2. The van der Waals surface area contributed by atoms with Crippen LogP contribution in [0.1, 0.15) is 88.2 Å². The van der Waals surface area contributed by atoms with E-state index in [1.165, 1.54) is 37.1 Å². The molecule has 372 valence electrons. The summed E-state index contributed by atoms with van der Waals surface area (Å²) in [6.07, 6.45) is 10.7. The van der Waals surface area contributed by atoms with Crippen molar-refractivity contribution in [3.8, 4) is 23.0 Å². The lowest BCUT2D eigenvalue weighted by Crippen LogP contribution is -2.71. The summed E-state index contributed by atoms with van der Waals surface area (Å²) in [5.41, 5.74) is 1.62. The van der Waals surface area contributed by atoms with Gasteiger partial charge >= 0.3 is 6.01 Å². The lowest BCUT2D eigenvalue weighted by atomic mass is 9.58. The number of nitrogens with one attached hydrogen (secondary N) is 2. The molecule has 3 unspecified atom stereocenters. The van der Waals surface area contributed by atoms with E-state index in [1.807, 2.05) is 6.92 Å². The lowest BCUT2D eigenvalue weighted by molar-refractivity contribution is -0.155. The average molecular weight is 974 g/mol. The molecule has 2 aromatic heterocycles. The number of aromatic hydroxyl groups is 1. The molecule has 8 aliphatic rings. The first-order chi connectivity index (χ1) is 34.2. The van der Waals surface area contributed by atoms with Gasteiger partial charge in [-0.25, -0.2) is 17.6 Å². The number of anilines is 2. The van der Waals surface area contributed by atoms with Gasteiger partial charge in [0, 0.05) is 112 Å². The second-order valence-electron chi connectivity index (χ2n) is 22.7. The molecule has 0 radical (unpaired) electrons. The molecular formula is C54H59F4N9O4.